The van der Waals surface area contributed by atoms with E-state index in [1.807, 2.05) is 19.1 Å². The SMILES string of the molecule is CCc1ccc(B(O)O)cc1C. The van der Waals surface area contributed by atoms with Crippen molar-refractivity contribution in [1.29, 1.82) is 0 Å². The normalized spacial score (nSPS) is 10.0. The molecule has 64 valence electrons. The first-order chi connectivity index (χ1) is 5.65. The minimum absolute atomic E-state index is 0.560. The Hall–Kier alpha value is -0.795. The molecule has 0 aliphatic heterocycles. The molecule has 2 nitrogen and oxygen atoms in total. The van der Waals surface area contributed by atoms with E-state index < -0.39 is 7.12 Å². The lowest BCUT2D eigenvalue weighted by molar-refractivity contribution is 0.425. The molecule has 0 spiro atoms. The molecule has 1 rings (SSSR count). The van der Waals surface area contributed by atoms with E-state index in [-0.39, 0.29) is 0 Å². The van der Waals surface area contributed by atoms with E-state index in [2.05, 4.69) is 6.92 Å². The maximum absolute atomic E-state index is 8.87. The summed E-state index contributed by atoms with van der Waals surface area (Å²) in [5.41, 5.74) is 2.92. The molecule has 0 unspecified atom stereocenters. The highest BCUT2D eigenvalue weighted by Crippen LogP contribution is 2.05. The summed E-state index contributed by atoms with van der Waals surface area (Å²) in [6, 6.07) is 5.49. The lowest BCUT2D eigenvalue weighted by Crippen LogP contribution is -2.29. The third kappa shape index (κ3) is 1.87. The van der Waals surface area contributed by atoms with Crippen LogP contribution in [0.3, 0.4) is 0 Å². The van der Waals surface area contributed by atoms with Gasteiger partial charge < -0.3 is 10.0 Å². The molecule has 0 atom stereocenters. The van der Waals surface area contributed by atoms with Crippen LogP contribution in [0.4, 0.5) is 0 Å². The van der Waals surface area contributed by atoms with Gasteiger partial charge in [-0.3, -0.25) is 0 Å². The van der Waals surface area contributed by atoms with Crippen molar-refractivity contribution in [2.75, 3.05) is 0 Å². The van der Waals surface area contributed by atoms with Crippen LogP contribution in [0.2, 0.25) is 0 Å². The van der Waals surface area contributed by atoms with Gasteiger partial charge in [-0.2, -0.15) is 0 Å². The number of benzene rings is 1. The van der Waals surface area contributed by atoms with Gasteiger partial charge >= 0.3 is 7.12 Å². The molecule has 0 amide bonds. The topological polar surface area (TPSA) is 40.5 Å². The summed E-state index contributed by atoms with van der Waals surface area (Å²) < 4.78 is 0. The molecule has 1 aromatic carbocycles. The van der Waals surface area contributed by atoms with Gasteiger partial charge in [-0.25, -0.2) is 0 Å². The predicted molar refractivity (Wildman–Crippen MR) is 50.4 cm³/mol. The van der Waals surface area contributed by atoms with Crippen molar-refractivity contribution >= 4 is 12.6 Å². The minimum Gasteiger partial charge on any atom is -0.423 e. The first-order valence-electron chi connectivity index (χ1n) is 4.10. The fourth-order valence-corrected chi connectivity index (χ4v) is 1.28. The Bertz CT molecular complexity index is 271. The fourth-order valence-electron chi connectivity index (χ4n) is 1.28. The molecule has 0 heterocycles. The highest BCUT2D eigenvalue weighted by molar-refractivity contribution is 6.58. The van der Waals surface area contributed by atoms with Crippen LogP contribution in [-0.2, 0) is 6.42 Å². The van der Waals surface area contributed by atoms with Crippen LogP contribution in [-0.4, -0.2) is 17.2 Å². The lowest BCUT2D eigenvalue weighted by Gasteiger charge is -2.05. The van der Waals surface area contributed by atoms with E-state index in [1.54, 1.807) is 6.07 Å². The Kier molecular flexibility index (Phi) is 2.90. The number of hydrogen-bond acceptors (Lipinski definition) is 2. The maximum atomic E-state index is 8.87. The molecule has 2 N–H and O–H groups in total. The second-order valence-corrected chi connectivity index (χ2v) is 2.91. The van der Waals surface area contributed by atoms with Crippen molar-refractivity contribution < 1.29 is 10.0 Å². The van der Waals surface area contributed by atoms with Crippen LogP contribution in [0.25, 0.3) is 0 Å². The van der Waals surface area contributed by atoms with Crippen molar-refractivity contribution in [1.82, 2.24) is 0 Å². The monoisotopic (exact) mass is 164 g/mol. The van der Waals surface area contributed by atoms with Gasteiger partial charge in [-0.1, -0.05) is 25.1 Å². The van der Waals surface area contributed by atoms with E-state index >= 15 is 0 Å². The van der Waals surface area contributed by atoms with E-state index in [0.29, 0.717) is 5.46 Å². The minimum atomic E-state index is -1.35. The second kappa shape index (κ2) is 3.74. The van der Waals surface area contributed by atoms with Gasteiger partial charge in [-0.15, -0.1) is 0 Å². The zero-order valence-electron chi connectivity index (χ0n) is 7.41. The molecule has 0 saturated heterocycles. The van der Waals surface area contributed by atoms with Crippen LogP contribution >= 0.6 is 0 Å². The number of rotatable bonds is 2. The van der Waals surface area contributed by atoms with Crippen LogP contribution in [0.15, 0.2) is 18.2 Å². The molecule has 0 fully saturated rings. The average Bonchev–Trinajstić information content (AvgIpc) is 2.04. The molecule has 0 aliphatic rings. The highest BCUT2D eigenvalue weighted by Gasteiger charge is 2.10. The Morgan fingerprint density at radius 2 is 2.00 bits per heavy atom. The fraction of sp³-hybridized carbons (Fsp3) is 0.333. The summed E-state index contributed by atoms with van der Waals surface area (Å²) in [4.78, 5) is 0. The number of hydrogen-bond donors (Lipinski definition) is 2. The van der Waals surface area contributed by atoms with Crippen molar-refractivity contribution in [3.05, 3.63) is 29.3 Å². The van der Waals surface area contributed by atoms with E-state index in [0.717, 1.165) is 12.0 Å². The van der Waals surface area contributed by atoms with Gasteiger partial charge in [0.25, 0.3) is 0 Å². The van der Waals surface area contributed by atoms with E-state index in [9.17, 15) is 0 Å². The molecule has 12 heavy (non-hydrogen) atoms. The maximum Gasteiger partial charge on any atom is 0.488 e. The van der Waals surface area contributed by atoms with Crippen molar-refractivity contribution in [2.45, 2.75) is 20.3 Å². The van der Waals surface area contributed by atoms with Crippen molar-refractivity contribution in [2.24, 2.45) is 0 Å². The van der Waals surface area contributed by atoms with Gasteiger partial charge in [-0.05, 0) is 29.9 Å². The Morgan fingerprint density at radius 3 is 2.42 bits per heavy atom. The molecular formula is C9H13BO2. The molecule has 3 heteroatoms. The van der Waals surface area contributed by atoms with Gasteiger partial charge in [0.2, 0.25) is 0 Å². The van der Waals surface area contributed by atoms with Crippen LogP contribution < -0.4 is 5.46 Å². The Morgan fingerprint density at radius 1 is 1.33 bits per heavy atom. The molecule has 0 bridgehead atoms. The quantitative estimate of drug-likeness (QED) is 0.614. The molecule has 0 aliphatic carbocycles. The van der Waals surface area contributed by atoms with Crippen LogP contribution in [0.1, 0.15) is 18.1 Å². The van der Waals surface area contributed by atoms with E-state index in [4.69, 9.17) is 10.0 Å². The lowest BCUT2D eigenvalue weighted by atomic mass is 9.79. The summed E-state index contributed by atoms with van der Waals surface area (Å²) in [7, 11) is -1.35. The average molecular weight is 164 g/mol. The molecule has 0 saturated carbocycles. The third-order valence-electron chi connectivity index (χ3n) is 2.05. The zero-order valence-corrected chi connectivity index (χ0v) is 7.41. The van der Waals surface area contributed by atoms with Crippen LogP contribution in [0.5, 0.6) is 0 Å². The largest absolute Gasteiger partial charge is 0.488 e. The van der Waals surface area contributed by atoms with Crippen molar-refractivity contribution in [3.8, 4) is 0 Å². The molecule has 0 aromatic heterocycles. The summed E-state index contributed by atoms with van der Waals surface area (Å²) in [6.07, 6.45) is 0.980. The van der Waals surface area contributed by atoms with Crippen LogP contribution in [0, 0.1) is 6.92 Å². The van der Waals surface area contributed by atoms with Crippen molar-refractivity contribution in [3.63, 3.8) is 0 Å². The Labute approximate surface area is 73.0 Å². The molecule has 0 radical (unpaired) electrons. The summed E-state index contributed by atoms with van der Waals surface area (Å²) in [6.45, 7) is 4.06. The van der Waals surface area contributed by atoms with Gasteiger partial charge in [0.15, 0.2) is 0 Å². The second-order valence-electron chi connectivity index (χ2n) is 2.91. The smallest absolute Gasteiger partial charge is 0.423 e. The Balaban J connectivity index is 3.02. The standard InChI is InChI=1S/C9H13BO2/c1-3-8-4-5-9(10(11)12)6-7(8)2/h4-6,11-12H,3H2,1-2H3. The van der Waals surface area contributed by atoms with Gasteiger partial charge in [0, 0.05) is 0 Å². The summed E-state index contributed by atoms with van der Waals surface area (Å²) in [5, 5.41) is 17.7. The first-order valence-corrected chi connectivity index (χ1v) is 4.10. The number of aryl methyl sites for hydroxylation is 2. The molecular weight excluding hydrogens is 151 g/mol. The summed E-state index contributed by atoms with van der Waals surface area (Å²) >= 11 is 0. The first kappa shape index (κ1) is 9.29. The third-order valence-corrected chi connectivity index (χ3v) is 2.05. The van der Waals surface area contributed by atoms with Gasteiger partial charge in [0.05, 0.1) is 0 Å². The predicted octanol–water partition coefficient (Wildman–Crippen LogP) is 0.237. The van der Waals surface area contributed by atoms with Gasteiger partial charge in [0.1, 0.15) is 0 Å². The summed E-state index contributed by atoms with van der Waals surface area (Å²) in [5.74, 6) is 0. The highest BCUT2D eigenvalue weighted by atomic mass is 16.4. The zero-order chi connectivity index (χ0) is 9.14. The van der Waals surface area contributed by atoms with E-state index in [1.165, 1.54) is 5.56 Å². The molecule has 1 aromatic rings.